The summed E-state index contributed by atoms with van der Waals surface area (Å²) < 4.78 is 5.68. The van der Waals surface area contributed by atoms with E-state index in [0.29, 0.717) is 6.61 Å². The highest BCUT2D eigenvalue weighted by Crippen LogP contribution is 2.29. The van der Waals surface area contributed by atoms with Crippen molar-refractivity contribution in [1.29, 1.82) is 0 Å². The molecule has 0 spiro atoms. The highest BCUT2D eigenvalue weighted by Gasteiger charge is 2.19. The third-order valence-corrected chi connectivity index (χ3v) is 4.75. The number of nitrogens with zero attached hydrogens (tertiary/aromatic N) is 1. The Hall–Kier alpha value is -1.84. The molecule has 1 N–H and O–H groups in total. The number of ether oxygens (including phenoxy) is 1. The number of hydrogen-bond acceptors (Lipinski definition) is 3. The molecule has 3 rings (SSSR count). The van der Waals surface area contributed by atoms with Crippen molar-refractivity contribution in [2.75, 3.05) is 19.7 Å². The fourth-order valence-corrected chi connectivity index (χ4v) is 3.42. The Kier molecular flexibility index (Phi) is 5.54. The van der Waals surface area contributed by atoms with E-state index in [1.165, 1.54) is 11.1 Å². The van der Waals surface area contributed by atoms with Crippen LogP contribution >= 0.6 is 0 Å². The number of rotatable bonds is 6. The highest BCUT2D eigenvalue weighted by molar-refractivity contribution is 5.38. The summed E-state index contributed by atoms with van der Waals surface area (Å²) in [6, 6.07) is 14.7. The van der Waals surface area contributed by atoms with Crippen molar-refractivity contribution >= 4 is 0 Å². The molecule has 0 saturated heterocycles. The van der Waals surface area contributed by atoms with Crippen LogP contribution in [0.25, 0.3) is 0 Å². The number of fused-ring (bicyclic) bond motifs is 1. The van der Waals surface area contributed by atoms with Gasteiger partial charge in [0.25, 0.3) is 0 Å². The quantitative estimate of drug-likeness (QED) is 0.875. The van der Waals surface area contributed by atoms with Crippen molar-refractivity contribution in [3.8, 4) is 5.75 Å². The second kappa shape index (κ2) is 7.82. The van der Waals surface area contributed by atoms with Gasteiger partial charge >= 0.3 is 0 Å². The molecule has 128 valence electrons. The number of benzene rings is 2. The van der Waals surface area contributed by atoms with Gasteiger partial charge in [-0.1, -0.05) is 35.9 Å². The van der Waals surface area contributed by atoms with Crippen LogP contribution < -0.4 is 4.74 Å². The lowest BCUT2D eigenvalue weighted by Crippen LogP contribution is -2.32. The minimum absolute atomic E-state index is 0.483. The van der Waals surface area contributed by atoms with Crippen molar-refractivity contribution in [3.05, 3.63) is 64.7 Å². The molecule has 0 amide bonds. The van der Waals surface area contributed by atoms with Gasteiger partial charge in [0, 0.05) is 25.2 Å². The molecule has 0 radical (unpaired) electrons. The molecule has 24 heavy (non-hydrogen) atoms. The summed E-state index contributed by atoms with van der Waals surface area (Å²) in [6.45, 7) is 7.58. The van der Waals surface area contributed by atoms with Crippen LogP contribution in [-0.4, -0.2) is 29.7 Å². The maximum absolute atomic E-state index is 10.7. The molecule has 2 aromatic carbocycles. The molecular formula is C21H27NO2. The third kappa shape index (κ3) is 3.97. The predicted octanol–water partition coefficient (Wildman–Crippen LogP) is 3.88. The zero-order chi connectivity index (χ0) is 16.9. The summed E-state index contributed by atoms with van der Waals surface area (Å²) >= 11 is 0. The minimum Gasteiger partial charge on any atom is -0.493 e. The Morgan fingerprint density at radius 3 is 2.75 bits per heavy atom. The molecule has 1 aliphatic heterocycles. The fourth-order valence-electron chi connectivity index (χ4n) is 3.42. The SMILES string of the molecule is CCOc1ccc(C)cc1C(O)CCN1CCc2ccccc2C1. The van der Waals surface area contributed by atoms with Crippen LogP contribution in [0, 0.1) is 6.92 Å². The summed E-state index contributed by atoms with van der Waals surface area (Å²) in [5, 5.41) is 10.7. The Balaban J connectivity index is 1.62. The van der Waals surface area contributed by atoms with E-state index in [2.05, 4.69) is 29.2 Å². The molecule has 3 nitrogen and oxygen atoms in total. The van der Waals surface area contributed by atoms with Gasteiger partial charge in [-0.25, -0.2) is 0 Å². The summed E-state index contributed by atoms with van der Waals surface area (Å²) in [7, 11) is 0. The Morgan fingerprint density at radius 1 is 1.17 bits per heavy atom. The lowest BCUT2D eigenvalue weighted by Gasteiger charge is -2.29. The zero-order valence-electron chi connectivity index (χ0n) is 14.7. The first-order valence-corrected chi connectivity index (χ1v) is 8.88. The summed E-state index contributed by atoms with van der Waals surface area (Å²) in [4.78, 5) is 2.43. The molecule has 1 heterocycles. The molecular weight excluding hydrogens is 298 g/mol. The van der Waals surface area contributed by atoms with Gasteiger partial charge in [0.15, 0.2) is 0 Å². The standard InChI is InChI=1S/C21H27NO2/c1-3-24-21-9-8-16(2)14-19(21)20(23)11-13-22-12-10-17-6-4-5-7-18(17)15-22/h4-9,14,20,23H,3,10-13,15H2,1-2H3. The smallest absolute Gasteiger partial charge is 0.125 e. The third-order valence-electron chi connectivity index (χ3n) is 4.75. The van der Waals surface area contributed by atoms with Gasteiger partial charge in [0.1, 0.15) is 5.75 Å². The molecule has 1 aliphatic rings. The Labute approximate surface area is 144 Å². The highest BCUT2D eigenvalue weighted by atomic mass is 16.5. The molecule has 1 unspecified atom stereocenters. The maximum Gasteiger partial charge on any atom is 0.125 e. The van der Waals surface area contributed by atoms with Crippen LogP contribution in [-0.2, 0) is 13.0 Å². The van der Waals surface area contributed by atoms with Crippen LogP contribution in [0.5, 0.6) is 5.75 Å². The molecule has 1 atom stereocenters. The van der Waals surface area contributed by atoms with Crippen molar-refractivity contribution in [2.45, 2.75) is 39.3 Å². The lowest BCUT2D eigenvalue weighted by molar-refractivity contribution is 0.134. The molecule has 0 fully saturated rings. The van der Waals surface area contributed by atoms with Gasteiger partial charge in [-0.2, -0.15) is 0 Å². The van der Waals surface area contributed by atoms with E-state index in [9.17, 15) is 5.11 Å². The van der Waals surface area contributed by atoms with Gasteiger partial charge in [-0.3, -0.25) is 4.90 Å². The molecule has 2 aromatic rings. The zero-order valence-corrected chi connectivity index (χ0v) is 14.7. The first-order chi connectivity index (χ1) is 11.7. The van der Waals surface area contributed by atoms with Crippen molar-refractivity contribution in [1.82, 2.24) is 4.90 Å². The first-order valence-electron chi connectivity index (χ1n) is 8.88. The molecule has 0 aliphatic carbocycles. The fraction of sp³-hybridized carbons (Fsp3) is 0.429. The molecule has 0 saturated carbocycles. The van der Waals surface area contributed by atoms with Crippen molar-refractivity contribution < 1.29 is 9.84 Å². The van der Waals surface area contributed by atoms with Gasteiger partial charge < -0.3 is 9.84 Å². The summed E-state index contributed by atoms with van der Waals surface area (Å²) in [6.07, 6.45) is 1.34. The second-order valence-electron chi connectivity index (χ2n) is 6.57. The summed E-state index contributed by atoms with van der Waals surface area (Å²) in [5.74, 6) is 0.805. The van der Waals surface area contributed by atoms with Gasteiger partial charge in [0.2, 0.25) is 0 Å². The van der Waals surface area contributed by atoms with E-state index < -0.39 is 6.10 Å². The van der Waals surface area contributed by atoms with Gasteiger partial charge in [0.05, 0.1) is 12.7 Å². The van der Waals surface area contributed by atoms with E-state index in [1.807, 2.05) is 32.0 Å². The number of hydrogen-bond donors (Lipinski definition) is 1. The van der Waals surface area contributed by atoms with Crippen LogP contribution in [0.3, 0.4) is 0 Å². The number of aryl methyl sites for hydroxylation is 1. The molecule has 0 bridgehead atoms. The average Bonchev–Trinajstić information content (AvgIpc) is 2.61. The normalized spacial score (nSPS) is 15.8. The van der Waals surface area contributed by atoms with E-state index in [4.69, 9.17) is 4.74 Å². The van der Waals surface area contributed by atoms with E-state index in [0.717, 1.165) is 49.4 Å². The second-order valence-corrected chi connectivity index (χ2v) is 6.57. The van der Waals surface area contributed by atoms with Crippen LogP contribution in [0.2, 0.25) is 0 Å². The minimum atomic E-state index is -0.483. The molecule has 0 aromatic heterocycles. The van der Waals surface area contributed by atoms with E-state index in [-0.39, 0.29) is 0 Å². The maximum atomic E-state index is 10.7. The Bertz CT molecular complexity index is 683. The first kappa shape index (κ1) is 17.0. The van der Waals surface area contributed by atoms with Gasteiger partial charge in [-0.15, -0.1) is 0 Å². The lowest BCUT2D eigenvalue weighted by atomic mass is 9.98. The van der Waals surface area contributed by atoms with E-state index in [1.54, 1.807) is 0 Å². The monoisotopic (exact) mass is 325 g/mol. The van der Waals surface area contributed by atoms with Crippen molar-refractivity contribution in [2.24, 2.45) is 0 Å². The molecule has 3 heteroatoms. The summed E-state index contributed by atoms with van der Waals surface area (Å²) in [5.41, 5.74) is 4.95. The topological polar surface area (TPSA) is 32.7 Å². The number of aliphatic hydroxyl groups is 1. The Morgan fingerprint density at radius 2 is 1.96 bits per heavy atom. The largest absolute Gasteiger partial charge is 0.493 e. The number of aliphatic hydroxyl groups excluding tert-OH is 1. The van der Waals surface area contributed by atoms with Crippen LogP contribution in [0.15, 0.2) is 42.5 Å². The van der Waals surface area contributed by atoms with Crippen LogP contribution in [0.4, 0.5) is 0 Å². The predicted molar refractivity (Wildman–Crippen MR) is 97.3 cm³/mol. The van der Waals surface area contributed by atoms with E-state index >= 15 is 0 Å². The van der Waals surface area contributed by atoms with Crippen molar-refractivity contribution in [3.63, 3.8) is 0 Å². The van der Waals surface area contributed by atoms with Crippen LogP contribution in [0.1, 0.15) is 41.7 Å². The average molecular weight is 325 g/mol. The van der Waals surface area contributed by atoms with Gasteiger partial charge in [-0.05, 0) is 49.9 Å².